The lowest BCUT2D eigenvalue weighted by Gasteiger charge is -2.33. The Morgan fingerprint density at radius 1 is 1.39 bits per heavy atom. The average molecular weight is 249 g/mol. The summed E-state index contributed by atoms with van der Waals surface area (Å²) in [5.41, 5.74) is 0.778. The summed E-state index contributed by atoms with van der Waals surface area (Å²) >= 11 is 0. The standard InChI is InChI=1S/C14H19NO3/c1-15-8-2-3-11(9-15)13(14(17)18)10-4-6-12(16)7-5-10/h4-7,11,13,16H,2-3,8-9H2,1H3,(H,17,18). The van der Waals surface area contributed by atoms with Gasteiger partial charge in [-0.2, -0.15) is 0 Å². The number of aromatic hydroxyl groups is 1. The molecule has 1 aromatic carbocycles. The van der Waals surface area contributed by atoms with Gasteiger partial charge in [0, 0.05) is 6.54 Å². The second kappa shape index (κ2) is 5.40. The highest BCUT2D eigenvalue weighted by atomic mass is 16.4. The molecule has 1 saturated heterocycles. The number of nitrogens with zero attached hydrogens (tertiary/aromatic N) is 1. The van der Waals surface area contributed by atoms with Crippen LogP contribution in [0.1, 0.15) is 24.3 Å². The quantitative estimate of drug-likeness (QED) is 0.859. The van der Waals surface area contributed by atoms with Crippen molar-refractivity contribution in [1.29, 1.82) is 0 Å². The van der Waals surface area contributed by atoms with Crippen LogP contribution in [0, 0.1) is 5.92 Å². The van der Waals surface area contributed by atoms with Crippen LogP contribution in [0.15, 0.2) is 24.3 Å². The Labute approximate surface area is 107 Å². The lowest BCUT2D eigenvalue weighted by atomic mass is 9.81. The number of phenols is 1. The number of rotatable bonds is 3. The van der Waals surface area contributed by atoms with Gasteiger partial charge in [-0.05, 0) is 50.0 Å². The zero-order valence-corrected chi connectivity index (χ0v) is 10.5. The molecule has 1 aliphatic heterocycles. The van der Waals surface area contributed by atoms with Crippen LogP contribution in [0.3, 0.4) is 0 Å². The Bertz CT molecular complexity index is 416. The van der Waals surface area contributed by atoms with Gasteiger partial charge in [0.25, 0.3) is 0 Å². The number of carboxylic acids is 1. The number of likely N-dealkylation sites (tertiary alicyclic amines) is 1. The molecule has 0 saturated carbocycles. The fourth-order valence-electron chi connectivity index (χ4n) is 2.78. The summed E-state index contributed by atoms with van der Waals surface area (Å²) in [6, 6.07) is 6.53. The van der Waals surface area contributed by atoms with Gasteiger partial charge in [0.05, 0.1) is 5.92 Å². The fraction of sp³-hybridized carbons (Fsp3) is 0.500. The second-order valence-electron chi connectivity index (χ2n) is 5.07. The first kappa shape index (κ1) is 12.9. The van der Waals surface area contributed by atoms with E-state index in [1.54, 1.807) is 24.3 Å². The maximum atomic E-state index is 11.5. The molecule has 1 heterocycles. The zero-order chi connectivity index (χ0) is 13.1. The highest BCUT2D eigenvalue weighted by Crippen LogP contribution is 2.32. The highest BCUT2D eigenvalue weighted by Gasteiger charge is 2.32. The number of piperidine rings is 1. The van der Waals surface area contributed by atoms with E-state index in [4.69, 9.17) is 0 Å². The van der Waals surface area contributed by atoms with Gasteiger partial charge < -0.3 is 15.1 Å². The van der Waals surface area contributed by atoms with Crippen LogP contribution in [0.5, 0.6) is 5.75 Å². The van der Waals surface area contributed by atoms with Gasteiger partial charge in [0.1, 0.15) is 5.75 Å². The van der Waals surface area contributed by atoms with Gasteiger partial charge in [-0.15, -0.1) is 0 Å². The number of hydrogen-bond acceptors (Lipinski definition) is 3. The molecule has 0 aliphatic carbocycles. The van der Waals surface area contributed by atoms with Gasteiger partial charge in [-0.25, -0.2) is 0 Å². The van der Waals surface area contributed by atoms with Gasteiger partial charge in [-0.3, -0.25) is 4.79 Å². The summed E-state index contributed by atoms with van der Waals surface area (Å²) in [7, 11) is 2.03. The molecule has 18 heavy (non-hydrogen) atoms. The fourth-order valence-corrected chi connectivity index (χ4v) is 2.78. The molecule has 0 aromatic heterocycles. The van der Waals surface area contributed by atoms with E-state index in [1.807, 2.05) is 7.05 Å². The Kier molecular flexibility index (Phi) is 3.87. The summed E-state index contributed by atoms with van der Waals surface area (Å²) < 4.78 is 0. The minimum atomic E-state index is -0.777. The third-order valence-electron chi connectivity index (χ3n) is 3.65. The van der Waals surface area contributed by atoms with Gasteiger partial charge >= 0.3 is 5.97 Å². The monoisotopic (exact) mass is 249 g/mol. The van der Waals surface area contributed by atoms with Crippen LogP contribution in [-0.2, 0) is 4.79 Å². The first-order chi connectivity index (χ1) is 8.58. The predicted molar refractivity (Wildman–Crippen MR) is 68.7 cm³/mol. The molecule has 1 fully saturated rings. The number of benzene rings is 1. The molecule has 2 rings (SSSR count). The van der Waals surface area contributed by atoms with Crippen molar-refractivity contribution in [2.24, 2.45) is 5.92 Å². The van der Waals surface area contributed by atoms with E-state index in [1.165, 1.54) is 0 Å². The lowest BCUT2D eigenvalue weighted by Crippen LogP contribution is -2.37. The van der Waals surface area contributed by atoms with Crippen molar-refractivity contribution >= 4 is 5.97 Å². The van der Waals surface area contributed by atoms with Crippen molar-refractivity contribution < 1.29 is 15.0 Å². The molecule has 0 spiro atoms. The molecule has 4 nitrogen and oxygen atoms in total. The SMILES string of the molecule is CN1CCCC(C(C(=O)O)c2ccc(O)cc2)C1. The molecule has 0 radical (unpaired) electrons. The molecule has 0 amide bonds. The highest BCUT2D eigenvalue weighted by molar-refractivity contribution is 5.76. The first-order valence-electron chi connectivity index (χ1n) is 6.28. The second-order valence-corrected chi connectivity index (χ2v) is 5.07. The number of carboxylic acid groups (broad SMARTS) is 1. The minimum absolute atomic E-state index is 0.144. The lowest BCUT2D eigenvalue weighted by molar-refractivity contribution is -0.140. The van der Waals surface area contributed by atoms with Crippen molar-refractivity contribution in [2.45, 2.75) is 18.8 Å². The van der Waals surface area contributed by atoms with E-state index in [-0.39, 0.29) is 11.7 Å². The number of phenolic OH excluding ortho intramolecular Hbond substituents is 1. The van der Waals surface area contributed by atoms with E-state index in [0.717, 1.165) is 31.5 Å². The van der Waals surface area contributed by atoms with Crippen LogP contribution in [0.25, 0.3) is 0 Å². The Morgan fingerprint density at radius 2 is 2.06 bits per heavy atom. The van der Waals surface area contributed by atoms with Gasteiger partial charge in [-0.1, -0.05) is 12.1 Å². The predicted octanol–water partition coefficient (Wildman–Crippen LogP) is 1.90. The largest absolute Gasteiger partial charge is 0.508 e. The minimum Gasteiger partial charge on any atom is -0.508 e. The van der Waals surface area contributed by atoms with Crippen molar-refractivity contribution in [3.05, 3.63) is 29.8 Å². The van der Waals surface area contributed by atoms with Crippen LogP contribution in [0.2, 0.25) is 0 Å². The first-order valence-corrected chi connectivity index (χ1v) is 6.28. The smallest absolute Gasteiger partial charge is 0.311 e. The van der Waals surface area contributed by atoms with E-state index in [0.29, 0.717) is 0 Å². The Morgan fingerprint density at radius 3 is 2.61 bits per heavy atom. The van der Waals surface area contributed by atoms with Crippen LogP contribution in [-0.4, -0.2) is 41.2 Å². The van der Waals surface area contributed by atoms with Crippen LogP contribution >= 0.6 is 0 Å². The molecule has 4 heteroatoms. The van der Waals surface area contributed by atoms with Crippen LogP contribution in [0.4, 0.5) is 0 Å². The summed E-state index contributed by atoms with van der Waals surface area (Å²) in [4.78, 5) is 13.7. The number of hydrogen-bond donors (Lipinski definition) is 2. The van der Waals surface area contributed by atoms with E-state index in [9.17, 15) is 15.0 Å². The Balaban J connectivity index is 2.22. The maximum absolute atomic E-state index is 11.5. The van der Waals surface area contributed by atoms with Gasteiger partial charge in [0.2, 0.25) is 0 Å². The summed E-state index contributed by atoms with van der Waals surface area (Å²) in [6.45, 7) is 1.86. The third-order valence-corrected chi connectivity index (χ3v) is 3.65. The number of carbonyl (C=O) groups is 1. The average Bonchev–Trinajstić information content (AvgIpc) is 2.32. The van der Waals surface area contributed by atoms with Crippen molar-refractivity contribution in [3.8, 4) is 5.75 Å². The molecule has 2 N–H and O–H groups in total. The zero-order valence-electron chi connectivity index (χ0n) is 10.5. The molecule has 2 unspecified atom stereocenters. The molecule has 2 atom stereocenters. The maximum Gasteiger partial charge on any atom is 0.311 e. The summed E-state index contributed by atoms with van der Waals surface area (Å²) in [6.07, 6.45) is 1.99. The molecule has 98 valence electrons. The van der Waals surface area contributed by atoms with Crippen molar-refractivity contribution in [3.63, 3.8) is 0 Å². The van der Waals surface area contributed by atoms with E-state index in [2.05, 4.69) is 4.90 Å². The molecular formula is C14H19NO3. The molecule has 0 bridgehead atoms. The molecule has 1 aromatic rings. The van der Waals surface area contributed by atoms with E-state index < -0.39 is 11.9 Å². The van der Waals surface area contributed by atoms with Crippen molar-refractivity contribution in [2.75, 3.05) is 20.1 Å². The molecule has 1 aliphatic rings. The normalized spacial score (nSPS) is 22.6. The van der Waals surface area contributed by atoms with E-state index >= 15 is 0 Å². The Hall–Kier alpha value is -1.55. The number of aliphatic carboxylic acids is 1. The van der Waals surface area contributed by atoms with Crippen LogP contribution < -0.4 is 0 Å². The summed E-state index contributed by atoms with van der Waals surface area (Å²) in [5.74, 6) is -0.941. The topological polar surface area (TPSA) is 60.8 Å². The third kappa shape index (κ3) is 2.82. The van der Waals surface area contributed by atoms with Crippen molar-refractivity contribution in [1.82, 2.24) is 4.90 Å². The summed E-state index contributed by atoms with van der Waals surface area (Å²) in [5, 5.41) is 18.7. The molecular weight excluding hydrogens is 230 g/mol. The van der Waals surface area contributed by atoms with Gasteiger partial charge in [0.15, 0.2) is 0 Å².